The summed E-state index contributed by atoms with van der Waals surface area (Å²) in [5.74, 6) is 0.166. The molecule has 0 aliphatic heterocycles. The molecule has 178 valence electrons. The average Bonchev–Trinajstić information content (AvgIpc) is 2.86. The Morgan fingerprint density at radius 3 is 2.34 bits per heavy atom. The fraction of sp³-hybridized carbons (Fsp3) is 0.148. The molecule has 1 aromatic heterocycles. The summed E-state index contributed by atoms with van der Waals surface area (Å²) in [6.45, 7) is 1.69. The van der Waals surface area contributed by atoms with Crippen molar-refractivity contribution in [1.29, 1.82) is 0 Å². The second-order valence-electron chi connectivity index (χ2n) is 7.74. The van der Waals surface area contributed by atoms with E-state index in [1.807, 2.05) is 13.0 Å². The van der Waals surface area contributed by atoms with Crippen LogP contribution in [-0.2, 0) is 16.1 Å². The number of carbonyl (C=O) groups is 2. The summed E-state index contributed by atoms with van der Waals surface area (Å²) >= 11 is 0. The topological polar surface area (TPSA) is 104 Å². The van der Waals surface area contributed by atoms with E-state index in [9.17, 15) is 14.4 Å². The number of esters is 1. The zero-order chi connectivity index (χ0) is 24.8. The van der Waals surface area contributed by atoms with Crippen molar-refractivity contribution in [2.45, 2.75) is 13.5 Å². The summed E-state index contributed by atoms with van der Waals surface area (Å²) in [7, 11) is 1.56. The highest BCUT2D eigenvalue weighted by Crippen LogP contribution is 2.23. The highest BCUT2D eigenvalue weighted by atomic mass is 16.5. The third-order valence-corrected chi connectivity index (χ3v) is 5.23. The van der Waals surface area contributed by atoms with Gasteiger partial charge in [0.1, 0.15) is 23.7 Å². The van der Waals surface area contributed by atoms with Gasteiger partial charge in [-0.3, -0.25) is 4.79 Å². The molecule has 35 heavy (non-hydrogen) atoms. The Morgan fingerprint density at radius 1 is 0.914 bits per heavy atom. The van der Waals surface area contributed by atoms with Crippen LogP contribution in [0.5, 0.6) is 11.5 Å². The molecule has 0 spiro atoms. The number of aryl methyl sites for hydroxylation is 1. The lowest BCUT2D eigenvalue weighted by molar-refractivity contribution is -0.119. The number of fused-ring (bicyclic) bond motifs is 1. The molecule has 1 amide bonds. The maximum Gasteiger partial charge on any atom is 0.338 e. The molecule has 3 aromatic carbocycles. The minimum absolute atomic E-state index is 0.251. The second kappa shape index (κ2) is 10.6. The van der Waals surface area contributed by atoms with Crippen LogP contribution in [0.2, 0.25) is 0 Å². The molecule has 0 saturated carbocycles. The van der Waals surface area contributed by atoms with Gasteiger partial charge in [-0.25, -0.2) is 9.59 Å². The van der Waals surface area contributed by atoms with Crippen molar-refractivity contribution in [2.75, 3.05) is 19.0 Å². The maximum absolute atomic E-state index is 12.3. The number of anilines is 1. The van der Waals surface area contributed by atoms with Crippen molar-refractivity contribution in [2.24, 2.45) is 0 Å². The summed E-state index contributed by atoms with van der Waals surface area (Å²) in [6.07, 6.45) is 0. The number of hydrogen-bond donors (Lipinski definition) is 1. The molecule has 8 heteroatoms. The van der Waals surface area contributed by atoms with Crippen LogP contribution in [0.25, 0.3) is 11.0 Å². The standard InChI is InChI=1S/C27H23NO7/c1-17-13-26(30)35-24-14-22(11-12-23(17)24)33-15-18-3-5-19(6-4-18)27(31)34-16-25(29)28-20-7-9-21(32-2)10-8-20/h3-14H,15-16H2,1-2H3,(H,28,29). The fourth-order valence-electron chi connectivity index (χ4n) is 3.38. The zero-order valence-electron chi connectivity index (χ0n) is 19.2. The second-order valence-corrected chi connectivity index (χ2v) is 7.74. The Morgan fingerprint density at radius 2 is 1.63 bits per heavy atom. The molecule has 4 aromatic rings. The van der Waals surface area contributed by atoms with Gasteiger partial charge in [-0.1, -0.05) is 12.1 Å². The van der Waals surface area contributed by atoms with Crippen molar-refractivity contribution in [3.05, 3.63) is 99.9 Å². The summed E-state index contributed by atoms with van der Waals surface area (Å²) in [5, 5.41) is 3.49. The summed E-state index contributed by atoms with van der Waals surface area (Å²) in [4.78, 5) is 35.9. The van der Waals surface area contributed by atoms with E-state index < -0.39 is 24.1 Å². The third-order valence-electron chi connectivity index (χ3n) is 5.23. The van der Waals surface area contributed by atoms with Gasteiger partial charge >= 0.3 is 11.6 Å². The van der Waals surface area contributed by atoms with Gasteiger partial charge in [-0.05, 0) is 66.6 Å². The van der Waals surface area contributed by atoms with Crippen molar-refractivity contribution < 1.29 is 28.2 Å². The molecule has 0 aliphatic carbocycles. The molecular formula is C27H23NO7. The molecule has 0 bridgehead atoms. The summed E-state index contributed by atoms with van der Waals surface area (Å²) < 4.78 is 21.2. The molecule has 8 nitrogen and oxygen atoms in total. The Hall–Kier alpha value is -4.59. The van der Waals surface area contributed by atoms with Gasteiger partial charge in [-0.2, -0.15) is 0 Å². The SMILES string of the molecule is COc1ccc(NC(=O)COC(=O)c2ccc(COc3ccc4c(C)cc(=O)oc4c3)cc2)cc1. The minimum atomic E-state index is -0.609. The zero-order valence-corrected chi connectivity index (χ0v) is 19.2. The molecular weight excluding hydrogens is 450 g/mol. The quantitative estimate of drug-likeness (QED) is 0.297. The first-order valence-electron chi connectivity index (χ1n) is 10.8. The van der Waals surface area contributed by atoms with Crippen molar-refractivity contribution in [1.82, 2.24) is 0 Å². The van der Waals surface area contributed by atoms with E-state index in [4.69, 9.17) is 18.6 Å². The number of nitrogens with one attached hydrogen (secondary N) is 1. The number of methoxy groups -OCH3 is 1. The molecule has 1 heterocycles. The smallest absolute Gasteiger partial charge is 0.338 e. The normalized spacial score (nSPS) is 10.6. The van der Waals surface area contributed by atoms with Crippen LogP contribution in [0.3, 0.4) is 0 Å². The van der Waals surface area contributed by atoms with Crippen LogP contribution in [0.4, 0.5) is 5.69 Å². The number of rotatable bonds is 8. The van der Waals surface area contributed by atoms with Crippen LogP contribution in [0, 0.1) is 6.92 Å². The van der Waals surface area contributed by atoms with Crippen molar-refractivity contribution >= 4 is 28.5 Å². The van der Waals surface area contributed by atoms with E-state index in [0.717, 1.165) is 16.5 Å². The van der Waals surface area contributed by atoms with E-state index in [0.29, 0.717) is 28.3 Å². The molecule has 0 saturated heterocycles. The molecule has 1 N–H and O–H groups in total. The van der Waals surface area contributed by atoms with Crippen LogP contribution >= 0.6 is 0 Å². The first-order valence-corrected chi connectivity index (χ1v) is 10.8. The van der Waals surface area contributed by atoms with Crippen LogP contribution in [0.15, 0.2) is 82.0 Å². The number of ether oxygens (including phenoxy) is 3. The monoisotopic (exact) mass is 473 g/mol. The van der Waals surface area contributed by atoms with Gasteiger partial charge in [-0.15, -0.1) is 0 Å². The van der Waals surface area contributed by atoms with E-state index in [2.05, 4.69) is 5.32 Å². The Kier molecular flexibility index (Phi) is 7.11. The number of amides is 1. The highest BCUT2D eigenvalue weighted by Gasteiger charge is 2.11. The average molecular weight is 473 g/mol. The fourth-order valence-corrected chi connectivity index (χ4v) is 3.38. The summed E-state index contributed by atoms with van der Waals surface area (Å²) in [6, 6.07) is 20.2. The lowest BCUT2D eigenvalue weighted by atomic mass is 10.1. The molecule has 0 aliphatic rings. The van der Waals surface area contributed by atoms with Gasteiger partial charge in [0.15, 0.2) is 6.61 Å². The van der Waals surface area contributed by atoms with Gasteiger partial charge in [0.2, 0.25) is 0 Å². The Balaban J connectivity index is 1.28. The largest absolute Gasteiger partial charge is 0.497 e. The predicted molar refractivity (Wildman–Crippen MR) is 130 cm³/mol. The van der Waals surface area contributed by atoms with Crippen LogP contribution < -0.4 is 20.4 Å². The van der Waals surface area contributed by atoms with E-state index in [-0.39, 0.29) is 6.61 Å². The number of hydrogen-bond acceptors (Lipinski definition) is 7. The van der Waals surface area contributed by atoms with E-state index >= 15 is 0 Å². The minimum Gasteiger partial charge on any atom is -0.497 e. The maximum atomic E-state index is 12.3. The van der Waals surface area contributed by atoms with E-state index in [1.165, 1.54) is 6.07 Å². The van der Waals surface area contributed by atoms with E-state index in [1.54, 1.807) is 67.8 Å². The first-order chi connectivity index (χ1) is 16.9. The van der Waals surface area contributed by atoms with Crippen molar-refractivity contribution in [3.8, 4) is 11.5 Å². The molecule has 0 unspecified atom stereocenters. The van der Waals surface area contributed by atoms with Crippen LogP contribution in [-0.4, -0.2) is 25.6 Å². The lowest BCUT2D eigenvalue weighted by Crippen LogP contribution is -2.20. The highest BCUT2D eigenvalue weighted by molar-refractivity contribution is 5.95. The Bertz CT molecular complexity index is 1410. The molecule has 4 rings (SSSR count). The molecule has 0 fully saturated rings. The van der Waals surface area contributed by atoms with Gasteiger partial charge in [0, 0.05) is 23.2 Å². The first kappa shape index (κ1) is 23.6. The number of carbonyl (C=O) groups excluding carboxylic acids is 2. The van der Waals surface area contributed by atoms with Gasteiger partial charge < -0.3 is 23.9 Å². The molecule has 0 radical (unpaired) electrons. The molecule has 0 atom stereocenters. The number of benzene rings is 3. The van der Waals surface area contributed by atoms with Crippen LogP contribution in [0.1, 0.15) is 21.5 Å². The third kappa shape index (κ3) is 6.05. The lowest BCUT2D eigenvalue weighted by Gasteiger charge is -2.09. The Labute approximate surface area is 201 Å². The van der Waals surface area contributed by atoms with Gasteiger partial charge in [0.25, 0.3) is 5.91 Å². The predicted octanol–water partition coefficient (Wildman–Crippen LogP) is 4.48. The summed E-state index contributed by atoms with van der Waals surface area (Å²) in [5.41, 5.74) is 2.59. The van der Waals surface area contributed by atoms with Gasteiger partial charge in [0.05, 0.1) is 12.7 Å². The van der Waals surface area contributed by atoms with Crippen molar-refractivity contribution in [3.63, 3.8) is 0 Å².